The highest BCUT2D eigenvalue weighted by atomic mass is 35.5. The van der Waals surface area contributed by atoms with Gasteiger partial charge in [0.2, 0.25) is 11.8 Å². The molecule has 3 atom stereocenters. The summed E-state index contributed by atoms with van der Waals surface area (Å²) in [5, 5.41) is 6.20. The van der Waals surface area contributed by atoms with Crippen LogP contribution in [-0.4, -0.2) is 53.6 Å². The van der Waals surface area contributed by atoms with Gasteiger partial charge in [-0.05, 0) is 43.4 Å². The van der Waals surface area contributed by atoms with Crippen molar-refractivity contribution in [2.24, 2.45) is 17.6 Å². The summed E-state index contributed by atoms with van der Waals surface area (Å²) in [6, 6.07) is 5.19. The number of Topliss-reactive ketones (excluding diaryl/α,β-unsaturated/α-hetero) is 1. The second kappa shape index (κ2) is 10.9. The van der Waals surface area contributed by atoms with Crippen molar-refractivity contribution in [2.75, 3.05) is 19.5 Å². The van der Waals surface area contributed by atoms with Crippen LogP contribution in [0.4, 0.5) is 0 Å². The Balaban J connectivity index is 2.02. The maximum absolute atomic E-state index is 13.6. The standard InChI is InChI=1S/C24H31ClN4O5/c1-13(2)9-19(24(33)28-16(20(30)12-25)10-14-7-8-27-23(14)32)29-17-5-4-6-21(34-3)15(17)11-18(29)22(26)31/h4-6,11,13-14,16,19H,7-10,12H2,1-3H3,(H2,26,31)(H,27,32)(H,28,33)/t14-,16-,19-/m0/s1. The Hall–Kier alpha value is -3.07. The number of hydrogen-bond acceptors (Lipinski definition) is 5. The molecule has 1 aliphatic rings. The topological polar surface area (TPSA) is 133 Å². The number of carbonyl (C=O) groups excluding carboxylic acids is 4. The smallest absolute Gasteiger partial charge is 0.265 e. The molecule has 1 fully saturated rings. The van der Waals surface area contributed by atoms with E-state index in [9.17, 15) is 19.2 Å². The van der Waals surface area contributed by atoms with E-state index in [1.54, 1.807) is 28.8 Å². The van der Waals surface area contributed by atoms with Gasteiger partial charge in [0.05, 0.1) is 24.5 Å². The van der Waals surface area contributed by atoms with Gasteiger partial charge in [-0.3, -0.25) is 19.2 Å². The van der Waals surface area contributed by atoms with Crippen molar-refractivity contribution in [2.45, 2.75) is 45.2 Å². The Morgan fingerprint density at radius 1 is 1.32 bits per heavy atom. The average Bonchev–Trinajstić information content (AvgIpc) is 3.39. The lowest BCUT2D eigenvalue weighted by atomic mass is 9.95. The van der Waals surface area contributed by atoms with Crippen LogP contribution in [0.1, 0.15) is 49.6 Å². The molecular weight excluding hydrogens is 460 g/mol. The minimum absolute atomic E-state index is 0.0855. The van der Waals surface area contributed by atoms with Crippen molar-refractivity contribution in [1.29, 1.82) is 0 Å². The third-order valence-electron chi connectivity index (χ3n) is 6.14. The maximum Gasteiger partial charge on any atom is 0.265 e. The van der Waals surface area contributed by atoms with Crippen molar-refractivity contribution in [3.63, 3.8) is 0 Å². The lowest BCUT2D eigenvalue weighted by Crippen LogP contribution is -2.46. The van der Waals surface area contributed by atoms with Crippen molar-refractivity contribution < 1.29 is 23.9 Å². The summed E-state index contributed by atoms with van der Waals surface area (Å²) in [5.74, 6) is -1.67. The first-order valence-corrected chi connectivity index (χ1v) is 11.9. The van der Waals surface area contributed by atoms with Crippen LogP contribution in [0.25, 0.3) is 10.9 Å². The maximum atomic E-state index is 13.6. The Morgan fingerprint density at radius 3 is 2.62 bits per heavy atom. The molecule has 10 heteroatoms. The van der Waals surface area contributed by atoms with E-state index >= 15 is 0 Å². The molecule has 3 amide bonds. The summed E-state index contributed by atoms with van der Waals surface area (Å²) >= 11 is 5.81. The molecule has 2 heterocycles. The molecule has 2 aromatic rings. The number of nitrogens with two attached hydrogens (primary N) is 1. The van der Waals surface area contributed by atoms with E-state index in [0.717, 1.165) is 0 Å². The van der Waals surface area contributed by atoms with Crippen LogP contribution in [0.2, 0.25) is 0 Å². The molecule has 0 aliphatic carbocycles. The fourth-order valence-corrected chi connectivity index (χ4v) is 4.68. The van der Waals surface area contributed by atoms with E-state index in [0.29, 0.717) is 36.0 Å². The highest BCUT2D eigenvalue weighted by Gasteiger charge is 2.34. The number of aromatic nitrogens is 1. The van der Waals surface area contributed by atoms with Crippen molar-refractivity contribution in [3.8, 4) is 5.75 Å². The molecule has 3 rings (SSSR count). The van der Waals surface area contributed by atoms with Crippen LogP contribution in [0.5, 0.6) is 5.75 Å². The number of carbonyl (C=O) groups is 4. The number of methoxy groups -OCH3 is 1. The fourth-order valence-electron chi connectivity index (χ4n) is 4.49. The number of nitrogens with one attached hydrogen (secondary N) is 2. The molecule has 1 aromatic carbocycles. The first kappa shape index (κ1) is 25.6. The van der Waals surface area contributed by atoms with Gasteiger partial charge in [0, 0.05) is 17.8 Å². The second-order valence-corrected chi connectivity index (χ2v) is 9.24. The third kappa shape index (κ3) is 5.35. The SMILES string of the molecule is COc1cccc2c1cc(C(N)=O)n2[C@@H](CC(C)C)C(=O)N[C@@H](C[C@@H]1CCNC1=O)C(=O)CCl. The van der Waals surface area contributed by atoms with Crippen LogP contribution in [0, 0.1) is 11.8 Å². The minimum atomic E-state index is -0.915. The molecule has 1 saturated heterocycles. The molecular formula is C24H31ClN4O5. The Labute approximate surface area is 203 Å². The zero-order chi connectivity index (χ0) is 25.0. The lowest BCUT2D eigenvalue weighted by Gasteiger charge is -2.26. The van der Waals surface area contributed by atoms with E-state index in [-0.39, 0.29) is 41.5 Å². The Morgan fingerprint density at radius 2 is 2.06 bits per heavy atom. The monoisotopic (exact) mass is 490 g/mol. The highest BCUT2D eigenvalue weighted by molar-refractivity contribution is 6.28. The number of hydrogen-bond donors (Lipinski definition) is 3. The summed E-state index contributed by atoms with van der Waals surface area (Å²) in [4.78, 5) is 50.6. The Kier molecular flexibility index (Phi) is 8.19. The van der Waals surface area contributed by atoms with Gasteiger partial charge in [-0.2, -0.15) is 0 Å². The minimum Gasteiger partial charge on any atom is -0.496 e. The number of rotatable bonds is 11. The largest absolute Gasteiger partial charge is 0.496 e. The van der Waals surface area contributed by atoms with Gasteiger partial charge >= 0.3 is 0 Å². The number of fused-ring (bicyclic) bond motifs is 1. The van der Waals surface area contributed by atoms with Gasteiger partial charge in [0.15, 0.2) is 5.78 Å². The summed E-state index contributed by atoms with van der Waals surface area (Å²) < 4.78 is 7.04. The number of ketones is 1. The van der Waals surface area contributed by atoms with Crippen molar-refractivity contribution in [1.82, 2.24) is 15.2 Å². The molecule has 184 valence electrons. The number of primary amides is 1. The predicted molar refractivity (Wildman–Crippen MR) is 129 cm³/mol. The molecule has 0 radical (unpaired) electrons. The average molecular weight is 491 g/mol. The van der Waals surface area contributed by atoms with E-state index in [4.69, 9.17) is 22.1 Å². The molecule has 0 unspecified atom stereocenters. The summed E-state index contributed by atoms with van der Waals surface area (Å²) in [5.41, 5.74) is 6.46. The van der Waals surface area contributed by atoms with E-state index < -0.39 is 23.9 Å². The van der Waals surface area contributed by atoms with Crippen LogP contribution in [0.3, 0.4) is 0 Å². The predicted octanol–water partition coefficient (Wildman–Crippen LogP) is 2.15. The van der Waals surface area contributed by atoms with Gasteiger partial charge in [-0.25, -0.2) is 0 Å². The highest BCUT2D eigenvalue weighted by Crippen LogP contribution is 2.33. The molecule has 1 aliphatic heterocycles. The number of nitrogens with zero attached hydrogens (tertiary/aromatic N) is 1. The normalized spacial score (nSPS) is 17.4. The van der Waals surface area contributed by atoms with Crippen molar-refractivity contribution in [3.05, 3.63) is 30.0 Å². The van der Waals surface area contributed by atoms with E-state index in [2.05, 4.69) is 10.6 Å². The lowest BCUT2D eigenvalue weighted by molar-refractivity contribution is -0.130. The van der Waals surface area contributed by atoms with Gasteiger partial charge in [0.25, 0.3) is 5.91 Å². The fraction of sp³-hybridized carbons (Fsp3) is 0.500. The number of alkyl halides is 1. The van der Waals surface area contributed by atoms with Gasteiger partial charge in [-0.15, -0.1) is 11.6 Å². The molecule has 9 nitrogen and oxygen atoms in total. The first-order chi connectivity index (χ1) is 16.2. The molecule has 0 saturated carbocycles. The molecule has 1 aromatic heterocycles. The van der Waals surface area contributed by atoms with E-state index in [1.807, 2.05) is 13.8 Å². The van der Waals surface area contributed by atoms with Gasteiger partial charge in [-0.1, -0.05) is 19.9 Å². The number of amides is 3. The zero-order valence-electron chi connectivity index (χ0n) is 19.6. The number of ether oxygens (including phenoxy) is 1. The van der Waals surface area contributed by atoms with E-state index in [1.165, 1.54) is 7.11 Å². The van der Waals surface area contributed by atoms with Crippen molar-refractivity contribution >= 4 is 46.0 Å². The summed E-state index contributed by atoms with van der Waals surface area (Å²) in [7, 11) is 1.52. The second-order valence-electron chi connectivity index (χ2n) is 8.98. The first-order valence-electron chi connectivity index (χ1n) is 11.3. The third-order valence-corrected chi connectivity index (χ3v) is 6.41. The Bertz CT molecular complexity index is 1100. The zero-order valence-corrected chi connectivity index (χ0v) is 20.4. The van der Waals surface area contributed by atoms with Crippen LogP contribution >= 0.6 is 11.6 Å². The molecule has 0 spiro atoms. The quantitative estimate of drug-likeness (QED) is 0.415. The van der Waals surface area contributed by atoms with Crippen LogP contribution in [0.15, 0.2) is 24.3 Å². The van der Waals surface area contributed by atoms with Crippen LogP contribution < -0.4 is 21.1 Å². The number of halogens is 1. The number of benzene rings is 1. The molecule has 0 bridgehead atoms. The summed E-state index contributed by atoms with van der Waals surface area (Å²) in [6.07, 6.45) is 1.14. The molecule has 34 heavy (non-hydrogen) atoms. The van der Waals surface area contributed by atoms with Gasteiger partial charge in [0.1, 0.15) is 17.5 Å². The van der Waals surface area contributed by atoms with Crippen LogP contribution in [-0.2, 0) is 14.4 Å². The summed E-state index contributed by atoms with van der Waals surface area (Å²) in [6.45, 7) is 4.45. The molecule has 4 N–H and O–H groups in total. The van der Waals surface area contributed by atoms with Gasteiger partial charge < -0.3 is 25.7 Å².